The standard InChI is InChI=1S/C24H38N4O.HI/c1-20(21-8-4-3-5-9-21)27-24(13-16-29-17-14-24)18-26-22(25-2)28-15-12-23(19-28)10-6-7-11-23;/h3-5,8-9,20,27H,6-7,10-19H2,1-2H3,(H,25,26);1H. The van der Waals surface area contributed by atoms with Crippen molar-refractivity contribution in [3.05, 3.63) is 35.9 Å². The van der Waals surface area contributed by atoms with E-state index in [1.807, 2.05) is 7.05 Å². The molecular formula is C24H39IN4O. The maximum absolute atomic E-state index is 5.70. The molecule has 1 saturated carbocycles. The molecule has 1 unspecified atom stereocenters. The molecule has 0 aromatic heterocycles. The van der Waals surface area contributed by atoms with Gasteiger partial charge < -0.3 is 20.3 Å². The molecular weight excluding hydrogens is 487 g/mol. The van der Waals surface area contributed by atoms with Crippen LogP contribution in [0.5, 0.6) is 0 Å². The average Bonchev–Trinajstić information content (AvgIpc) is 3.40. The van der Waals surface area contributed by atoms with Crippen LogP contribution in [0.4, 0.5) is 0 Å². The van der Waals surface area contributed by atoms with Crippen molar-refractivity contribution in [2.24, 2.45) is 10.4 Å². The Labute approximate surface area is 199 Å². The predicted octanol–water partition coefficient (Wildman–Crippen LogP) is 4.35. The Morgan fingerprint density at radius 2 is 1.80 bits per heavy atom. The van der Waals surface area contributed by atoms with Gasteiger partial charge in [0.15, 0.2) is 5.96 Å². The molecule has 0 radical (unpaired) electrons. The molecule has 2 heterocycles. The lowest BCUT2D eigenvalue weighted by atomic mass is 9.86. The lowest BCUT2D eigenvalue weighted by Crippen LogP contribution is -2.58. The number of halogens is 1. The van der Waals surface area contributed by atoms with Crippen molar-refractivity contribution in [3.8, 4) is 0 Å². The van der Waals surface area contributed by atoms with Gasteiger partial charge in [0.2, 0.25) is 0 Å². The highest BCUT2D eigenvalue weighted by atomic mass is 127. The Balaban J connectivity index is 0.00000256. The fourth-order valence-electron chi connectivity index (χ4n) is 5.65. The number of likely N-dealkylation sites (tertiary alicyclic amines) is 1. The molecule has 1 aromatic carbocycles. The molecule has 1 spiro atoms. The van der Waals surface area contributed by atoms with E-state index in [-0.39, 0.29) is 29.5 Å². The predicted molar refractivity (Wildman–Crippen MR) is 135 cm³/mol. The Morgan fingerprint density at radius 1 is 1.10 bits per heavy atom. The van der Waals surface area contributed by atoms with Gasteiger partial charge in [0.1, 0.15) is 0 Å². The van der Waals surface area contributed by atoms with Gasteiger partial charge in [-0.3, -0.25) is 4.99 Å². The quantitative estimate of drug-likeness (QED) is 0.341. The van der Waals surface area contributed by atoms with Crippen LogP contribution in [0.3, 0.4) is 0 Å². The van der Waals surface area contributed by atoms with Crippen molar-refractivity contribution < 1.29 is 4.74 Å². The number of guanidine groups is 1. The van der Waals surface area contributed by atoms with Crippen molar-refractivity contribution >= 4 is 29.9 Å². The van der Waals surface area contributed by atoms with Crippen LogP contribution < -0.4 is 10.6 Å². The van der Waals surface area contributed by atoms with Crippen molar-refractivity contribution in [1.82, 2.24) is 15.5 Å². The Morgan fingerprint density at radius 3 is 2.47 bits per heavy atom. The zero-order chi connectivity index (χ0) is 20.2. The highest BCUT2D eigenvalue weighted by molar-refractivity contribution is 14.0. The van der Waals surface area contributed by atoms with Crippen LogP contribution in [0.25, 0.3) is 0 Å². The third-order valence-corrected chi connectivity index (χ3v) is 7.47. The molecule has 0 amide bonds. The molecule has 30 heavy (non-hydrogen) atoms. The number of rotatable bonds is 5. The van der Waals surface area contributed by atoms with Crippen molar-refractivity contribution in [1.29, 1.82) is 0 Å². The zero-order valence-corrected chi connectivity index (χ0v) is 21.0. The fourth-order valence-corrected chi connectivity index (χ4v) is 5.65. The summed E-state index contributed by atoms with van der Waals surface area (Å²) >= 11 is 0. The molecule has 2 saturated heterocycles. The number of ether oxygens (including phenoxy) is 1. The summed E-state index contributed by atoms with van der Waals surface area (Å²) < 4.78 is 5.70. The molecule has 3 fully saturated rings. The molecule has 2 N–H and O–H groups in total. The normalized spacial score (nSPS) is 23.9. The minimum Gasteiger partial charge on any atom is -0.381 e. The van der Waals surface area contributed by atoms with Crippen LogP contribution in [0.15, 0.2) is 35.3 Å². The third kappa shape index (κ3) is 5.49. The second-order valence-electron chi connectivity index (χ2n) is 9.45. The maximum Gasteiger partial charge on any atom is 0.193 e. The Bertz CT molecular complexity index is 684. The summed E-state index contributed by atoms with van der Waals surface area (Å²) in [6.45, 7) is 7.12. The number of benzene rings is 1. The average molecular weight is 527 g/mol. The fraction of sp³-hybridized carbons (Fsp3) is 0.708. The van der Waals surface area contributed by atoms with Crippen LogP contribution in [0.1, 0.15) is 63.5 Å². The Kier molecular flexibility index (Phi) is 8.44. The summed E-state index contributed by atoms with van der Waals surface area (Å²) in [7, 11) is 1.93. The largest absolute Gasteiger partial charge is 0.381 e. The minimum absolute atomic E-state index is 0. The Hall–Kier alpha value is -0.860. The molecule has 2 aliphatic heterocycles. The highest BCUT2D eigenvalue weighted by Crippen LogP contribution is 2.45. The SMILES string of the molecule is CN=C(NCC1(NC(C)c2ccccc2)CCOCC1)N1CCC2(CCCC2)C1.I. The van der Waals surface area contributed by atoms with E-state index in [2.05, 4.69) is 57.8 Å². The van der Waals surface area contributed by atoms with E-state index in [1.54, 1.807) is 0 Å². The molecule has 1 aromatic rings. The number of hydrogen-bond acceptors (Lipinski definition) is 3. The third-order valence-electron chi connectivity index (χ3n) is 7.47. The van der Waals surface area contributed by atoms with Gasteiger partial charge in [0, 0.05) is 51.5 Å². The van der Waals surface area contributed by atoms with E-state index in [9.17, 15) is 0 Å². The number of nitrogens with one attached hydrogen (secondary N) is 2. The first-order chi connectivity index (χ1) is 14.1. The smallest absolute Gasteiger partial charge is 0.193 e. The second kappa shape index (κ2) is 10.6. The summed E-state index contributed by atoms with van der Waals surface area (Å²) in [6, 6.07) is 11.1. The minimum atomic E-state index is 0. The molecule has 0 bridgehead atoms. The van der Waals surface area contributed by atoms with Crippen LogP contribution in [-0.2, 0) is 4.74 Å². The van der Waals surface area contributed by atoms with Gasteiger partial charge in [-0.1, -0.05) is 43.2 Å². The number of hydrogen-bond donors (Lipinski definition) is 2. The van der Waals surface area contributed by atoms with Crippen molar-refractivity contribution in [3.63, 3.8) is 0 Å². The van der Waals surface area contributed by atoms with Gasteiger partial charge >= 0.3 is 0 Å². The first-order valence-corrected chi connectivity index (χ1v) is 11.5. The van der Waals surface area contributed by atoms with Gasteiger partial charge in [-0.2, -0.15) is 0 Å². The summed E-state index contributed by atoms with van der Waals surface area (Å²) in [5.74, 6) is 1.08. The van der Waals surface area contributed by atoms with Crippen molar-refractivity contribution in [2.45, 2.75) is 63.5 Å². The number of nitrogens with zero attached hydrogens (tertiary/aromatic N) is 2. The van der Waals surface area contributed by atoms with Gasteiger partial charge in [-0.15, -0.1) is 24.0 Å². The maximum atomic E-state index is 5.70. The van der Waals surface area contributed by atoms with Crippen LogP contribution in [-0.4, -0.2) is 56.3 Å². The molecule has 1 aliphatic carbocycles. The van der Waals surface area contributed by atoms with Gasteiger partial charge in [0.05, 0.1) is 0 Å². The van der Waals surface area contributed by atoms with E-state index in [0.717, 1.165) is 45.1 Å². The first kappa shape index (κ1) is 23.8. The molecule has 1 atom stereocenters. The summed E-state index contributed by atoms with van der Waals surface area (Å²) in [6.07, 6.45) is 9.00. The topological polar surface area (TPSA) is 48.9 Å². The molecule has 168 valence electrons. The van der Waals surface area contributed by atoms with Gasteiger partial charge in [0.25, 0.3) is 0 Å². The van der Waals surface area contributed by atoms with E-state index in [0.29, 0.717) is 11.5 Å². The lowest BCUT2D eigenvalue weighted by molar-refractivity contribution is 0.0353. The lowest BCUT2D eigenvalue weighted by Gasteiger charge is -2.41. The van der Waals surface area contributed by atoms with E-state index in [1.165, 1.54) is 44.2 Å². The van der Waals surface area contributed by atoms with Crippen LogP contribution in [0, 0.1) is 5.41 Å². The highest BCUT2D eigenvalue weighted by Gasteiger charge is 2.41. The monoisotopic (exact) mass is 526 g/mol. The van der Waals surface area contributed by atoms with E-state index < -0.39 is 0 Å². The van der Waals surface area contributed by atoms with Crippen LogP contribution >= 0.6 is 24.0 Å². The van der Waals surface area contributed by atoms with E-state index >= 15 is 0 Å². The summed E-state index contributed by atoms with van der Waals surface area (Å²) in [5, 5.41) is 7.69. The first-order valence-electron chi connectivity index (χ1n) is 11.5. The molecule has 6 heteroatoms. The second-order valence-corrected chi connectivity index (χ2v) is 9.45. The molecule has 3 aliphatic rings. The van der Waals surface area contributed by atoms with E-state index in [4.69, 9.17) is 4.74 Å². The number of aliphatic imine (C=N–C) groups is 1. The summed E-state index contributed by atoms with van der Waals surface area (Å²) in [5.41, 5.74) is 1.94. The zero-order valence-electron chi connectivity index (χ0n) is 18.7. The van der Waals surface area contributed by atoms with Crippen molar-refractivity contribution in [2.75, 3.05) is 39.9 Å². The molecule has 5 nitrogen and oxygen atoms in total. The molecule has 4 rings (SSSR count). The van der Waals surface area contributed by atoms with Gasteiger partial charge in [-0.05, 0) is 50.0 Å². The van der Waals surface area contributed by atoms with Crippen LogP contribution in [0.2, 0.25) is 0 Å². The van der Waals surface area contributed by atoms with Gasteiger partial charge in [-0.25, -0.2) is 0 Å². The summed E-state index contributed by atoms with van der Waals surface area (Å²) in [4.78, 5) is 7.15.